The van der Waals surface area contributed by atoms with Crippen molar-refractivity contribution in [3.63, 3.8) is 0 Å². The van der Waals surface area contributed by atoms with Crippen molar-refractivity contribution >= 4 is 17.4 Å². The molecule has 0 atom stereocenters. The zero-order chi connectivity index (χ0) is 15.8. The lowest BCUT2D eigenvalue weighted by Gasteiger charge is -2.06. The first-order valence-corrected chi connectivity index (χ1v) is 7.10. The topological polar surface area (TPSA) is 81.3 Å². The SMILES string of the molecule is N#CNC(=NCCc1ccccc1Cl)c1cncc(CO)c1. The molecule has 0 fully saturated rings. The average Bonchev–Trinajstić information content (AvgIpc) is 2.56. The highest BCUT2D eigenvalue weighted by Gasteiger charge is 2.05. The molecular formula is C16H15ClN4O. The molecule has 1 aromatic carbocycles. The molecule has 6 heteroatoms. The maximum Gasteiger partial charge on any atom is 0.182 e. The second-order valence-electron chi connectivity index (χ2n) is 4.55. The Morgan fingerprint density at radius 3 is 2.91 bits per heavy atom. The quantitative estimate of drug-likeness (QED) is 0.384. The molecule has 0 aliphatic heterocycles. The number of aromatic nitrogens is 1. The van der Waals surface area contributed by atoms with Gasteiger partial charge in [0.25, 0.3) is 0 Å². The predicted molar refractivity (Wildman–Crippen MR) is 85.5 cm³/mol. The molecule has 0 spiro atoms. The van der Waals surface area contributed by atoms with Crippen LogP contribution in [0.5, 0.6) is 0 Å². The second kappa shape index (κ2) is 8.13. The van der Waals surface area contributed by atoms with Crippen molar-refractivity contribution < 1.29 is 5.11 Å². The monoisotopic (exact) mass is 314 g/mol. The number of halogens is 1. The number of pyridine rings is 1. The van der Waals surface area contributed by atoms with Crippen LogP contribution in [0.1, 0.15) is 16.7 Å². The third-order valence-electron chi connectivity index (χ3n) is 3.03. The summed E-state index contributed by atoms with van der Waals surface area (Å²) in [5.41, 5.74) is 2.33. The Morgan fingerprint density at radius 1 is 1.36 bits per heavy atom. The van der Waals surface area contributed by atoms with E-state index in [4.69, 9.17) is 22.0 Å². The van der Waals surface area contributed by atoms with Gasteiger partial charge in [-0.2, -0.15) is 5.26 Å². The first-order chi connectivity index (χ1) is 10.7. The summed E-state index contributed by atoms with van der Waals surface area (Å²) < 4.78 is 0. The molecule has 0 amide bonds. The summed E-state index contributed by atoms with van der Waals surface area (Å²) in [5, 5.41) is 21.3. The number of aliphatic hydroxyl groups is 1. The molecule has 22 heavy (non-hydrogen) atoms. The molecule has 1 aromatic heterocycles. The van der Waals surface area contributed by atoms with Gasteiger partial charge in [0.15, 0.2) is 6.19 Å². The van der Waals surface area contributed by atoms with Gasteiger partial charge in [-0.05, 0) is 29.7 Å². The first kappa shape index (κ1) is 16.0. The summed E-state index contributed by atoms with van der Waals surface area (Å²) in [7, 11) is 0. The van der Waals surface area contributed by atoms with Gasteiger partial charge in [-0.3, -0.25) is 15.3 Å². The van der Waals surface area contributed by atoms with Crippen LogP contribution in [-0.2, 0) is 13.0 Å². The summed E-state index contributed by atoms with van der Waals surface area (Å²) >= 11 is 6.10. The molecule has 112 valence electrons. The van der Waals surface area contributed by atoms with Gasteiger partial charge in [-0.1, -0.05) is 29.8 Å². The summed E-state index contributed by atoms with van der Waals surface area (Å²) in [5.74, 6) is 0.428. The average molecular weight is 315 g/mol. The number of nitrogens with one attached hydrogen (secondary N) is 1. The molecule has 2 aromatic rings. The summed E-state index contributed by atoms with van der Waals surface area (Å²) in [6.45, 7) is 0.372. The van der Waals surface area contributed by atoms with E-state index in [9.17, 15) is 0 Å². The normalized spacial score (nSPS) is 11.0. The minimum absolute atomic E-state index is 0.111. The van der Waals surface area contributed by atoms with Crippen molar-refractivity contribution in [2.45, 2.75) is 13.0 Å². The fourth-order valence-corrected chi connectivity index (χ4v) is 2.18. The number of hydrogen-bond acceptors (Lipinski definition) is 4. The number of aliphatic imine (C=N–C) groups is 1. The van der Waals surface area contributed by atoms with Gasteiger partial charge in [0.2, 0.25) is 0 Å². The number of amidine groups is 1. The molecule has 0 aliphatic carbocycles. The van der Waals surface area contributed by atoms with E-state index >= 15 is 0 Å². The van der Waals surface area contributed by atoms with E-state index in [2.05, 4.69) is 15.3 Å². The van der Waals surface area contributed by atoms with E-state index in [0.29, 0.717) is 35.0 Å². The highest BCUT2D eigenvalue weighted by Crippen LogP contribution is 2.15. The predicted octanol–water partition coefficient (Wildman–Crippen LogP) is 2.29. The lowest BCUT2D eigenvalue weighted by atomic mass is 10.1. The Kier molecular flexibility index (Phi) is 5.90. The van der Waals surface area contributed by atoms with Gasteiger partial charge < -0.3 is 5.11 Å². The van der Waals surface area contributed by atoms with Gasteiger partial charge in [0, 0.05) is 29.5 Å². The van der Waals surface area contributed by atoms with Crippen LogP contribution in [0, 0.1) is 11.5 Å². The highest BCUT2D eigenvalue weighted by atomic mass is 35.5. The van der Waals surface area contributed by atoms with Crippen molar-refractivity contribution in [2.24, 2.45) is 4.99 Å². The van der Waals surface area contributed by atoms with E-state index in [1.54, 1.807) is 18.5 Å². The number of nitriles is 1. The number of hydrogen-bond donors (Lipinski definition) is 2. The van der Waals surface area contributed by atoms with Crippen LogP contribution in [0.15, 0.2) is 47.7 Å². The lowest BCUT2D eigenvalue weighted by molar-refractivity contribution is 0.281. The van der Waals surface area contributed by atoms with E-state index in [0.717, 1.165) is 5.56 Å². The van der Waals surface area contributed by atoms with Gasteiger partial charge >= 0.3 is 0 Å². The standard InChI is InChI=1S/C16H15ClN4O/c17-15-4-2-1-3-13(15)5-6-20-16(21-11-18)14-7-12(10-22)8-19-9-14/h1-4,7-9,22H,5-6,10H2,(H,20,21). The van der Waals surface area contributed by atoms with Crippen LogP contribution in [0.25, 0.3) is 0 Å². The van der Waals surface area contributed by atoms with E-state index in [1.165, 1.54) is 0 Å². The Labute approximate surface area is 133 Å². The van der Waals surface area contributed by atoms with Gasteiger partial charge in [0.05, 0.1) is 6.61 Å². The van der Waals surface area contributed by atoms with Crippen LogP contribution < -0.4 is 5.32 Å². The summed E-state index contributed by atoms with van der Waals surface area (Å²) in [4.78, 5) is 8.43. The molecule has 0 radical (unpaired) electrons. The van der Waals surface area contributed by atoms with Crippen LogP contribution in [-0.4, -0.2) is 22.5 Å². The molecule has 2 rings (SSSR count). The number of rotatable bonds is 5. The van der Waals surface area contributed by atoms with Crippen molar-refractivity contribution in [3.05, 3.63) is 64.4 Å². The molecule has 0 bridgehead atoms. The van der Waals surface area contributed by atoms with Crippen LogP contribution in [0.2, 0.25) is 5.02 Å². The van der Waals surface area contributed by atoms with E-state index in [1.807, 2.05) is 30.5 Å². The highest BCUT2D eigenvalue weighted by molar-refractivity contribution is 6.31. The summed E-state index contributed by atoms with van der Waals surface area (Å²) in [6.07, 6.45) is 5.70. The lowest BCUT2D eigenvalue weighted by Crippen LogP contribution is -2.20. The fraction of sp³-hybridized carbons (Fsp3) is 0.188. The Balaban J connectivity index is 2.13. The number of aliphatic hydroxyl groups excluding tert-OH is 1. The van der Waals surface area contributed by atoms with Gasteiger partial charge in [-0.15, -0.1) is 0 Å². The Morgan fingerprint density at radius 2 is 2.18 bits per heavy atom. The molecule has 5 nitrogen and oxygen atoms in total. The summed E-state index contributed by atoms with van der Waals surface area (Å²) in [6, 6.07) is 9.33. The Hall–Kier alpha value is -2.42. The van der Waals surface area contributed by atoms with Gasteiger partial charge in [0.1, 0.15) is 5.84 Å². The molecule has 0 saturated carbocycles. The number of nitrogens with zero attached hydrogens (tertiary/aromatic N) is 3. The van der Waals surface area contributed by atoms with Gasteiger partial charge in [-0.25, -0.2) is 0 Å². The number of benzene rings is 1. The molecule has 2 N–H and O–H groups in total. The van der Waals surface area contributed by atoms with Crippen molar-refractivity contribution in [3.8, 4) is 6.19 Å². The zero-order valence-electron chi connectivity index (χ0n) is 11.8. The van der Waals surface area contributed by atoms with E-state index < -0.39 is 0 Å². The van der Waals surface area contributed by atoms with Crippen molar-refractivity contribution in [1.82, 2.24) is 10.3 Å². The Bertz CT molecular complexity index is 709. The minimum Gasteiger partial charge on any atom is -0.392 e. The van der Waals surface area contributed by atoms with E-state index in [-0.39, 0.29) is 6.61 Å². The molecule has 0 saturated heterocycles. The molecular weight excluding hydrogens is 300 g/mol. The smallest absolute Gasteiger partial charge is 0.182 e. The molecule has 0 aliphatic rings. The maximum absolute atomic E-state index is 9.15. The van der Waals surface area contributed by atoms with Crippen molar-refractivity contribution in [2.75, 3.05) is 6.54 Å². The third-order valence-corrected chi connectivity index (χ3v) is 3.40. The molecule has 0 unspecified atom stereocenters. The minimum atomic E-state index is -0.111. The van der Waals surface area contributed by atoms with Crippen molar-refractivity contribution in [1.29, 1.82) is 5.26 Å². The van der Waals surface area contributed by atoms with Crippen LogP contribution in [0.4, 0.5) is 0 Å². The molecule has 1 heterocycles. The second-order valence-corrected chi connectivity index (χ2v) is 4.96. The fourth-order valence-electron chi connectivity index (χ4n) is 1.95. The maximum atomic E-state index is 9.15. The van der Waals surface area contributed by atoms with Crippen LogP contribution >= 0.6 is 11.6 Å². The zero-order valence-corrected chi connectivity index (χ0v) is 12.6. The van der Waals surface area contributed by atoms with Crippen LogP contribution in [0.3, 0.4) is 0 Å². The largest absolute Gasteiger partial charge is 0.392 e. The first-order valence-electron chi connectivity index (χ1n) is 6.72. The third kappa shape index (κ3) is 4.29.